The smallest absolute Gasteiger partial charge is 0.237 e. The Balaban J connectivity index is 1.54. The van der Waals surface area contributed by atoms with Gasteiger partial charge in [0.15, 0.2) is 0 Å². The third-order valence-corrected chi connectivity index (χ3v) is 6.03. The van der Waals surface area contributed by atoms with E-state index in [1.54, 1.807) is 17.7 Å². The number of carbonyl (C=O) groups excluding carboxylic acids is 1. The molecule has 4 nitrogen and oxygen atoms in total. The summed E-state index contributed by atoms with van der Waals surface area (Å²) >= 11 is 3.11. The Morgan fingerprint density at radius 3 is 3.13 bits per heavy atom. The zero-order valence-electron chi connectivity index (χ0n) is 12.6. The molecule has 4 rings (SSSR count). The summed E-state index contributed by atoms with van der Waals surface area (Å²) in [4.78, 5) is 23.2. The maximum absolute atomic E-state index is 12.7. The summed E-state index contributed by atoms with van der Waals surface area (Å²) in [5.74, 6) is 0.527. The lowest BCUT2D eigenvalue weighted by atomic mass is 10.1. The minimum absolute atomic E-state index is 0.135. The lowest BCUT2D eigenvalue weighted by Crippen LogP contribution is -2.36. The Morgan fingerprint density at radius 2 is 2.22 bits per heavy atom. The van der Waals surface area contributed by atoms with Crippen LogP contribution in [0.5, 0.6) is 0 Å². The predicted molar refractivity (Wildman–Crippen MR) is 95.2 cm³/mol. The summed E-state index contributed by atoms with van der Waals surface area (Å²) in [6.45, 7) is 2.10. The molecule has 0 fully saturated rings. The first-order valence-corrected chi connectivity index (χ1v) is 9.31. The lowest BCUT2D eigenvalue weighted by Gasteiger charge is -2.22. The van der Waals surface area contributed by atoms with Crippen LogP contribution in [0.4, 0.5) is 5.69 Å². The molecule has 1 aromatic carbocycles. The number of benzene rings is 1. The van der Waals surface area contributed by atoms with Gasteiger partial charge in [0.1, 0.15) is 11.4 Å². The lowest BCUT2D eigenvalue weighted by molar-refractivity contribution is -0.116. The minimum Gasteiger partial charge on any atom is -0.308 e. The monoisotopic (exact) mass is 341 g/mol. The van der Waals surface area contributed by atoms with Gasteiger partial charge in [0.2, 0.25) is 5.91 Å². The van der Waals surface area contributed by atoms with E-state index in [1.807, 2.05) is 34.5 Å². The van der Waals surface area contributed by atoms with Gasteiger partial charge in [0.05, 0.1) is 16.0 Å². The van der Waals surface area contributed by atoms with Crippen LogP contribution in [0.15, 0.2) is 47.1 Å². The number of thioether (sulfide) groups is 1. The van der Waals surface area contributed by atoms with Crippen molar-refractivity contribution >= 4 is 44.9 Å². The molecule has 0 radical (unpaired) electrons. The van der Waals surface area contributed by atoms with Crippen molar-refractivity contribution < 1.29 is 4.79 Å². The van der Waals surface area contributed by atoms with Gasteiger partial charge < -0.3 is 4.90 Å². The molecule has 0 spiro atoms. The Morgan fingerprint density at radius 1 is 1.35 bits per heavy atom. The molecular weight excluding hydrogens is 326 g/mol. The SMILES string of the molecule is CC1Cc2ccccc2N1C(=O)CSc1ncnc2ccsc12. The summed E-state index contributed by atoms with van der Waals surface area (Å²) in [5, 5.41) is 2.89. The number of rotatable bonds is 3. The van der Waals surface area contributed by atoms with Crippen LogP contribution in [0.2, 0.25) is 0 Å². The van der Waals surface area contributed by atoms with Gasteiger partial charge in [-0.25, -0.2) is 9.97 Å². The molecule has 0 aliphatic carbocycles. The van der Waals surface area contributed by atoms with E-state index in [2.05, 4.69) is 23.0 Å². The molecule has 0 saturated carbocycles. The quantitative estimate of drug-likeness (QED) is 0.537. The van der Waals surface area contributed by atoms with Crippen molar-refractivity contribution in [2.45, 2.75) is 24.4 Å². The van der Waals surface area contributed by atoms with Crippen molar-refractivity contribution in [2.24, 2.45) is 0 Å². The number of anilines is 1. The zero-order chi connectivity index (χ0) is 15.8. The normalized spacial score (nSPS) is 16.7. The highest BCUT2D eigenvalue weighted by atomic mass is 32.2. The number of nitrogens with zero attached hydrogens (tertiary/aromatic N) is 3. The molecule has 1 atom stereocenters. The molecule has 23 heavy (non-hydrogen) atoms. The van der Waals surface area contributed by atoms with Gasteiger partial charge in [-0.2, -0.15) is 0 Å². The van der Waals surface area contributed by atoms with Crippen LogP contribution in [0.25, 0.3) is 10.2 Å². The summed E-state index contributed by atoms with van der Waals surface area (Å²) in [5.41, 5.74) is 3.25. The molecule has 1 aliphatic heterocycles. The van der Waals surface area contributed by atoms with E-state index in [0.29, 0.717) is 5.75 Å². The van der Waals surface area contributed by atoms with Crippen LogP contribution < -0.4 is 4.90 Å². The largest absolute Gasteiger partial charge is 0.308 e. The van der Waals surface area contributed by atoms with Crippen LogP contribution in [0, 0.1) is 0 Å². The van der Waals surface area contributed by atoms with Crippen LogP contribution in [-0.4, -0.2) is 27.7 Å². The number of hydrogen-bond donors (Lipinski definition) is 0. The maximum atomic E-state index is 12.7. The molecule has 0 saturated heterocycles. The number of carbonyl (C=O) groups is 1. The van der Waals surface area contributed by atoms with E-state index in [9.17, 15) is 4.79 Å². The van der Waals surface area contributed by atoms with E-state index >= 15 is 0 Å². The van der Waals surface area contributed by atoms with E-state index in [1.165, 1.54) is 17.3 Å². The second-order valence-electron chi connectivity index (χ2n) is 5.55. The molecule has 3 heterocycles. The Kier molecular flexibility index (Phi) is 3.79. The Hall–Kier alpha value is -1.92. The number of amides is 1. The molecule has 1 unspecified atom stereocenters. The van der Waals surface area contributed by atoms with Crippen LogP contribution >= 0.6 is 23.1 Å². The predicted octanol–water partition coefficient (Wildman–Crippen LogP) is 3.76. The second-order valence-corrected chi connectivity index (χ2v) is 7.43. The van der Waals surface area contributed by atoms with Crippen LogP contribution in [0.3, 0.4) is 0 Å². The first-order valence-electron chi connectivity index (χ1n) is 7.45. The number of hydrogen-bond acceptors (Lipinski definition) is 5. The van der Waals surface area contributed by atoms with Crippen LogP contribution in [0.1, 0.15) is 12.5 Å². The molecule has 3 aromatic rings. The van der Waals surface area contributed by atoms with Gasteiger partial charge in [-0.3, -0.25) is 4.79 Å². The van der Waals surface area contributed by atoms with E-state index in [4.69, 9.17) is 0 Å². The third-order valence-electron chi connectivity index (χ3n) is 4.02. The standard InChI is InChI=1S/C17H15N3OS2/c1-11-8-12-4-2-3-5-14(12)20(11)15(21)9-23-17-16-13(6-7-22-16)18-10-19-17/h2-7,10-11H,8-9H2,1H3. The first kappa shape index (κ1) is 14.7. The average molecular weight is 341 g/mol. The van der Waals surface area contributed by atoms with Crippen molar-refractivity contribution in [3.63, 3.8) is 0 Å². The molecule has 2 aromatic heterocycles. The molecule has 6 heteroatoms. The Bertz CT molecular complexity index is 877. The molecule has 1 amide bonds. The number of thiophene rings is 1. The highest BCUT2D eigenvalue weighted by Crippen LogP contribution is 2.34. The topological polar surface area (TPSA) is 46.1 Å². The highest BCUT2D eigenvalue weighted by molar-refractivity contribution is 8.00. The number of fused-ring (bicyclic) bond motifs is 2. The fourth-order valence-electron chi connectivity index (χ4n) is 3.01. The van der Waals surface area contributed by atoms with Gasteiger partial charge in [-0.1, -0.05) is 30.0 Å². The van der Waals surface area contributed by atoms with Crippen molar-refractivity contribution in [1.29, 1.82) is 0 Å². The van der Waals surface area contributed by atoms with Crippen LogP contribution in [-0.2, 0) is 11.2 Å². The molecule has 1 aliphatic rings. The fraction of sp³-hybridized carbons (Fsp3) is 0.235. The second kappa shape index (κ2) is 5.94. The zero-order valence-corrected chi connectivity index (χ0v) is 14.2. The van der Waals surface area contributed by atoms with E-state index in [-0.39, 0.29) is 11.9 Å². The molecule has 0 bridgehead atoms. The van der Waals surface area contributed by atoms with Gasteiger partial charge in [0.25, 0.3) is 0 Å². The summed E-state index contributed by atoms with van der Waals surface area (Å²) in [7, 11) is 0. The van der Waals surface area contributed by atoms with Gasteiger partial charge in [0, 0.05) is 11.7 Å². The van der Waals surface area contributed by atoms with Gasteiger partial charge in [-0.15, -0.1) is 11.3 Å². The third kappa shape index (κ3) is 2.62. The number of para-hydroxylation sites is 1. The molecule has 0 N–H and O–H groups in total. The van der Waals surface area contributed by atoms with Crippen molar-refractivity contribution in [3.8, 4) is 0 Å². The fourth-order valence-corrected chi connectivity index (χ4v) is 4.82. The van der Waals surface area contributed by atoms with Gasteiger partial charge in [-0.05, 0) is 36.4 Å². The summed E-state index contributed by atoms with van der Waals surface area (Å²) in [6, 6.07) is 10.3. The summed E-state index contributed by atoms with van der Waals surface area (Å²) in [6.07, 6.45) is 2.49. The minimum atomic E-state index is 0.135. The average Bonchev–Trinajstić information content (AvgIpc) is 3.15. The molecule has 116 valence electrons. The van der Waals surface area contributed by atoms with E-state index in [0.717, 1.165) is 27.4 Å². The molecular formula is C17H15N3OS2. The number of aromatic nitrogens is 2. The van der Waals surface area contributed by atoms with Crippen molar-refractivity contribution in [3.05, 3.63) is 47.6 Å². The highest BCUT2D eigenvalue weighted by Gasteiger charge is 2.30. The van der Waals surface area contributed by atoms with Gasteiger partial charge >= 0.3 is 0 Å². The van der Waals surface area contributed by atoms with E-state index < -0.39 is 0 Å². The van der Waals surface area contributed by atoms with Crippen molar-refractivity contribution in [1.82, 2.24) is 9.97 Å². The Labute approximate surface area is 142 Å². The first-order chi connectivity index (χ1) is 11.2. The maximum Gasteiger partial charge on any atom is 0.237 e. The van der Waals surface area contributed by atoms with Crippen molar-refractivity contribution in [2.75, 3.05) is 10.7 Å². The summed E-state index contributed by atoms with van der Waals surface area (Å²) < 4.78 is 1.06.